The average molecular weight is 267 g/mol. The number of hydrogen-bond acceptors (Lipinski definition) is 5. The van der Waals surface area contributed by atoms with E-state index in [1.54, 1.807) is 6.92 Å². The minimum Gasteiger partial charge on any atom is -0.461 e. The van der Waals surface area contributed by atoms with E-state index in [-0.39, 0.29) is 24.5 Å². The zero-order valence-corrected chi connectivity index (χ0v) is 9.53. The Morgan fingerprint density at radius 2 is 2.22 bits per heavy atom. The van der Waals surface area contributed by atoms with Gasteiger partial charge in [-0.2, -0.15) is 5.10 Å². The van der Waals surface area contributed by atoms with E-state index in [4.69, 9.17) is 5.73 Å². The summed E-state index contributed by atoms with van der Waals surface area (Å²) < 4.78 is 44.5. The van der Waals surface area contributed by atoms with Crippen LogP contribution in [0.3, 0.4) is 0 Å². The molecule has 1 aromatic rings. The van der Waals surface area contributed by atoms with Gasteiger partial charge in [-0.05, 0) is 6.92 Å². The summed E-state index contributed by atoms with van der Waals surface area (Å²) in [6, 6.07) is 0. The van der Waals surface area contributed by atoms with E-state index < -0.39 is 18.9 Å². The van der Waals surface area contributed by atoms with Crippen molar-refractivity contribution in [3.05, 3.63) is 11.9 Å². The number of carbonyl (C=O) groups excluding carboxylic acids is 1. The first-order chi connectivity index (χ1) is 8.33. The van der Waals surface area contributed by atoms with E-state index in [1.165, 1.54) is 6.20 Å². The lowest BCUT2D eigenvalue weighted by molar-refractivity contribution is -0.325. The second-order valence-corrected chi connectivity index (χ2v) is 3.21. The van der Waals surface area contributed by atoms with Crippen LogP contribution in [0.2, 0.25) is 0 Å². The summed E-state index contributed by atoms with van der Waals surface area (Å²) in [6.07, 6.45) is -3.45. The fraction of sp³-hybridized carbons (Fsp3) is 0.556. The van der Waals surface area contributed by atoms with E-state index >= 15 is 0 Å². The molecular weight excluding hydrogens is 255 g/mol. The van der Waals surface area contributed by atoms with Crippen molar-refractivity contribution in [3.63, 3.8) is 0 Å². The molecule has 0 radical (unpaired) electrons. The molecule has 2 N–H and O–H groups in total. The lowest BCUT2D eigenvalue weighted by Crippen LogP contribution is -2.18. The molecule has 0 spiro atoms. The van der Waals surface area contributed by atoms with Crippen LogP contribution < -0.4 is 5.73 Å². The first-order valence-electron chi connectivity index (χ1n) is 5.04. The summed E-state index contributed by atoms with van der Waals surface area (Å²) in [5.74, 6) is -0.717. The molecule has 0 saturated carbocycles. The van der Waals surface area contributed by atoms with Gasteiger partial charge in [0.25, 0.3) is 0 Å². The Balaban J connectivity index is 2.59. The predicted molar refractivity (Wildman–Crippen MR) is 54.6 cm³/mol. The van der Waals surface area contributed by atoms with E-state index in [9.17, 15) is 18.0 Å². The van der Waals surface area contributed by atoms with Crippen LogP contribution in [-0.2, 0) is 16.0 Å². The van der Waals surface area contributed by atoms with Crippen molar-refractivity contribution < 1.29 is 27.4 Å². The summed E-state index contributed by atoms with van der Waals surface area (Å²) >= 11 is 0. The highest BCUT2D eigenvalue weighted by Crippen LogP contribution is 2.16. The van der Waals surface area contributed by atoms with Gasteiger partial charge in [0, 0.05) is 6.20 Å². The molecule has 0 aromatic carbocycles. The Labute approximate surface area is 100 Å². The van der Waals surface area contributed by atoms with Gasteiger partial charge in [0.2, 0.25) is 0 Å². The Morgan fingerprint density at radius 3 is 2.78 bits per heavy atom. The molecule has 0 atom stereocenters. The smallest absolute Gasteiger partial charge is 0.461 e. The Kier molecular flexibility index (Phi) is 4.54. The zero-order chi connectivity index (χ0) is 13.8. The number of nitrogens with zero attached hydrogens (tertiary/aromatic N) is 2. The minimum atomic E-state index is -4.69. The van der Waals surface area contributed by atoms with Crippen molar-refractivity contribution in [1.82, 2.24) is 9.78 Å². The molecule has 18 heavy (non-hydrogen) atoms. The molecular formula is C9H12F3N3O3. The molecule has 0 aliphatic carbocycles. The van der Waals surface area contributed by atoms with Crippen molar-refractivity contribution in [2.45, 2.75) is 19.8 Å². The van der Waals surface area contributed by atoms with Crippen LogP contribution >= 0.6 is 0 Å². The summed E-state index contributed by atoms with van der Waals surface area (Å²) in [6.45, 7) is 0.973. The standard InChI is InChI=1S/C9H12F3N3O3/c1-2-17-8(16)7-6(13)5-15(14-7)3-4-18-9(10,11)12/h5H,2-4,13H2,1H3. The lowest BCUT2D eigenvalue weighted by Gasteiger charge is -2.06. The third kappa shape index (κ3) is 4.24. The molecule has 0 saturated heterocycles. The summed E-state index contributed by atoms with van der Waals surface area (Å²) in [7, 11) is 0. The molecule has 6 nitrogen and oxygen atoms in total. The van der Waals surface area contributed by atoms with Gasteiger partial charge < -0.3 is 10.5 Å². The number of carbonyl (C=O) groups is 1. The highest BCUT2D eigenvalue weighted by molar-refractivity contribution is 5.92. The zero-order valence-electron chi connectivity index (χ0n) is 9.53. The summed E-state index contributed by atoms with van der Waals surface area (Å²) in [5.41, 5.74) is 5.40. The molecule has 0 aliphatic heterocycles. The first kappa shape index (κ1) is 14.3. The molecule has 0 bridgehead atoms. The summed E-state index contributed by atoms with van der Waals surface area (Å²) in [4.78, 5) is 11.3. The van der Waals surface area contributed by atoms with Crippen molar-refractivity contribution in [2.75, 3.05) is 18.9 Å². The molecule has 0 amide bonds. The van der Waals surface area contributed by atoms with Crippen LogP contribution in [0.25, 0.3) is 0 Å². The van der Waals surface area contributed by atoms with Crippen LogP contribution in [0.5, 0.6) is 0 Å². The maximum Gasteiger partial charge on any atom is 0.522 e. The summed E-state index contributed by atoms with van der Waals surface area (Å²) in [5, 5.41) is 3.72. The highest BCUT2D eigenvalue weighted by Gasteiger charge is 2.28. The second kappa shape index (κ2) is 5.71. The van der Waals surface area contributed by atoms with Crippen molar-refractivity contribution in [3.8, 4) is 0 Å². The van der Waals surface area contributed by atoms with Gasteiger partial charge >= 0.3 is 12.3 Å². The van der Waals surface area contributed by atoms with Gasteiger partial charge in [-0.25, -0.2) is 4.79 Å². The number of alkyl halides is 3. The Bertz CT molecular complexity index is 417. The Morgan fingerprint density at radius 1 is 1.56 bits per heavy atom. The normalized spacial score (nSPS) is 11.6. The fourth-order valence-electron chi connectivity index (χ4n) is 1.16. The third-order valence-corrected chi connectivity index (χ3v) is 1.84. The molecule has 0 aliphatic rings. The third-order valence-electron chi connectivity index (χ3n) is 1.84. The number of nitrogens with two attached hydrogens (primary N) is 1. The molecule has 9 heteroatoms. The van der Waals surface area contributed by atoms with Gasteiger partial charge in [-0.15, -0.1) is 13.2 Å². The largest absolute Gasteiger partial charge is 0.522 e. The number of nitrogen functional groups attached to an aromatic ring is 1. The van der Waals surface area contributed by atoms with E-state index in [2.05, 4.69) is 14.6 Å². The van der Waals surface area contributed by atoms with Crippen LogP contribution in [-0.4, -0.2) is 35.3 Å². The quantitative estimate of drug-likeness (QED) is 0.810. The second-order valence-electron chi connectivity index (χ2n) is 3.21. The molecule has 102 valence electrons. The monoisotopic (exact) mass is 267 g/mol. The number of esters is 1. The van der Waals surface area contributed by atoms with Crippen LogP contribution in [0.15, 0.2) is 6.20 Å². The maximum atomic E-state index is 11.7. The highest BCUT2D eigenvalue weighted by atomic mass is 19.4. The van der Waals surface area contributed by atoms with Gasteiger partial charge in [-0.3, -0.25) is 9.42 Å². The lowest BCUT2D eigenvalue weighted by atomic mass is 10.4. The average Bonchev–Trinajstić information content (AvgIpc) is 2.58. The van der Waals surface area contributed by atoms with Crippen molar-refractivity contribution >= 4 is 11.7 Å². The predicted octanol–water partition coefficient (Wildman–Crippen LogP) is 1.18. The van der Waals surface area contributed by atoms with Gasteiger partial charge in [0.05, 0.1) is 25.4 Å². The van der Waals surface area contributed by atoms with Crippen molar-refractivity contribution in [1.29, 1.82) is 0 Å². The van der Waals surface area contributed by atoms with Crippen molar-refractivity contribution in [2.24, 2.45) is 0 Å². The molecule has 1 heterocycles. The van der Waals surface area contributed by atoms with E-state index in [1.807, 2.05) is 0 Å². The number of anilines is 1. The maximum absolute atomic E-state index is 11.7. The molecule has 0 unspecified atom stereocenters. The number of ether oxygens (including phenoxy) is 2. The first-order valence-corrected chi connectivity index (χ1v) is 5.04. The minimum absolute atomic E-state index is 0.0421. The van der Waals surface area contributed by atoms with Crippen LogP contribution in [0.1, 0.15) is 17.4 Å². The van der Waals surface area contributed by atoms with E-state index in [0.717, 1.165) is 4.68 Å². The van der Waals surface area contributed by atoms with E-state index in [0.29, 0.717) is 0 Å². The number of rotatable bonds is 5. The van der Waals surface area contributed by atoms with Gasteiger partial charge in [-0.1, -0.05) is 0 Å². The topological polar surface area (TPSA) is 79.4 Å². The van der Waals surface area contributed by atoms with Crippen LogP contribution in [0.4, 0.5) is 18.9 Å². The number of hydrogen-bond donors (Lipinski definition) is 1. The molecule has 0 fully saturated rings. The number of aromatic nitrogens is 2. The van der Waals surface area contributed by atoms with Crippen LogP contribution in [0, 0.1) is 0 Å². The SMILES string of the molecule is CCOC(=O)c1nn(CCOC(F)(F)F)cc1N. The Hall–Kier alpha value is -1.77. The molecule has 1 rings (SSSR count). The fourth-order valence-corrected chi connectivity index (χ4v) is 1.16. The van der Waals surface area contributed by atoms with Gasteiger partial charge in [0.15, 0.2) is 5.69 Å². The molecule has 1 aromatic heterocycles. The number of halogens is 3. The van der Waals surface area contributed by atoms with Gasteiger partial charge in [0.1, 0.15) is 0 Å².